The first kappa shape index (κ1) is 11.5. The summed E-state index contributed by atoms with van der Waals surface area (Å²) in [5.41, 5.74) is 0. The molecule has 0 aromatic carbocycles. The third kappa shape index (κ3) is 3.66. The molecule has 0 amide bonds. The predicted octanol–water partition coefficient (Wildman–Crippen LogP) is 2.30. The van der Waals surface area contributed by atoms with Gasteiger partial charge in [-0.1, -0.05) is 19.8 Å². The minimum atomic E-state index is -0.770. The van der Waals surface area contributed by atoms with Crippen molar-refractivity contribution in [2.45, 2.75) is 45.6 Å². The van der Waals surface area contributed by atoms with Gasteiger partial charge >= 0.3 is 5.97 Å². The van der Waals surface area contributed by atoms with Crippen molar-refractivity contribution in [3.8, 4) is 0 Å². The molecule has 0 aromatic heterocycles. The summed E-state index contributed by atoms with van der Waals surface area (Å²) in [4.78, 5) is 10.6. The first-order valence-corrected chi connectivity index (χ1v) is 5.44. The Morgan fingerprint density at radius 1 is 1.57 bits per heavy atom. The zero-order valence-electron chi connectivity index (χ0n) is 9.03. The molecule has 0 bridgehead atoms. The third-order valence-electron chi connectivity index (χ3n) is 2.89. The first-order chi connectivity index (χ1) is 6.59. The number of aliphatic carboxylic acids is 1. The molecule has 1 saturated carbocycles. The van der Waals surface area contributed by atoms with Crippen LogP contribution in [0.5, 0.6) is 0 Å². The maximum absolute atomic E-state index is 10.6. The summed E-state index contributed by atoms with van der Waals surface area (Å²) >= 11 is 0. The van der Waals surface area contributed by atoms with Crippen LogP contribution in [0.25, 0.3) is 0 Å². The van der Waals surface area contributed by atoms with Crippen molar-refractivity contribution in [2.24, 2.45) is 11.8 Å². The first-order valence-electron chi connectivity index (χ1n) is 5.44. The highest BCUT2D eigenvalue weighted by Gasteiger charge is 2.21. The second-order valence-electron chi connectivity index (χ2n) is 4.47. The van der Waals surface area contributed by atoms with E-state index < -0.39 is 5.97 Å². The van der Waals surface area contributed by atoms with Gasteiger partial charge < -0.3 is 9.84 Å². The minimum absolute atomic E-state index is 0.292. The van der Waals surface area contributed by atoms with Crippen molar-refractivity contribution < 1.29 is 14.6 Å². The second-order valence-corrected chi connectivity index (χ2v) is 4.47. The Labute approximate surface area is 85.5 Å². The quantitative estimate of drug-likeness (QED) is 0.757. The van der Waals surface area contributed by atoms with E-state index in [-0.39, 0.29) is 5.92 Å². The lowest BCUT2D eigenvalue weighted by molar-refractivity contribution is -0.144. The summed E-state index contributed by atoms with van der Waals surface area (Å²) in [6, 6.07) is 0. The molecule has 14 heavy (non-hydrogen) atoms. The molecule has 1 fully saturated rings. The molecule has 0 heterocycles. The number of hydrogen-bond donors (Lipinski definition) is 1. The minimum Gasteiger partial charge on any atom is -0.481 e. The lowest BCUT2D eigenvalue weighted by atomic mass is 9.89. The topological polar surface area (TPSA) is 46.5 Å². The van der Waals surface area contributed by atoms with Gasteiger partial charge in [-0.05, 0) is 25.7 Å². The Kier molecular flexibility index (Phi) is 4.39. The molecule has 3 heteroatoms. The Hall–Kier alpha value is -0.570. The van der Waals surface area contributed by atoms with Crippen LogP contribution in [0, 0.1) is 11.8 Å². The number of carbonyl (C=O) groups is 1. The predicted molar refractivity (Wildman–Crippen MR) is 54.2 cm³/mol. The maximum atomic E-state index is 10.6. The van der Waals surface area contributed by atoms with E-state index in [1.54, 1.807) is 6.92 Å². The van der Waals surface area contributed by atoms with Crippen molar-refractivity contribution in [3.63, 3.8) is 0 Å². The number of carboxylic acid groups (broad SMARTS) is 1. The van der Waals surface area contributed by atoms with Crippen molar-refractivity contribution in [2.75, 3.05) is 6.61 Å². The highest BCUT2D eigenvalue weighted by atomic mass is 16.5. The van der Waals surface area contributed by atoms with Crippen LogP contribution < -0.4 is 0 Å². The fraction of sp³-hybridized carbons (Fsp3) is 0.909. The van der Waals surface area contributed by atoms with Gasteiger partial charge in [0.25, 0.3) is 0 Å². The lowest BCUT2D eigenvalue weighted by Gasteiger charge is -2.27. The lowest BCUT2D eigenvalue weighted by Crippen LogP contribution is -2.25. The molecule has 0 saturated heterocycles. The molecular weight excluding hydrogens is 180 g/mol. The van der Waals surface area contributed by atoms with Crippen LogP contribution in [-0.2, 0) is 9.53 Å². The van der Waals surface area contributed by atoms with Gasteiger partial charge in [0.05, 0.1) is 18.6 Å². The Morgan fingerprint density at radius 2 is 2.29 bits per heavy atom. The van der Waals surface area contributed by atoms with E-state index in [4.69, 9.17) is 9.84 Å². The van der Waals surface area contributed by atoms with Crippen LogP contribution >= 0.6 is 0 Å². The highest BCUT2D eigenvalue weighted by molar-refractivity contribution is 5.69. The number of hydrogen-bond acceptors (Lipinski definition) is 2. The number of carboxylic acids is 1. The van der Waals surface area contributed by atoms with E-state index in [0.29, 0.717) is 12.7 Å². The highest BCUT2D eigenvalue weighted by Crippen LogP contribution is 2.25. The van der Waals surface area contributed by atoms with Crippen LogP contribution in [0.15, 0.2) is 0 Å². The zero-order chi connectivity index (χ0) is 10.6. The van der Waals surface area contributed by atoms with E-state index in [1.807, 2.05) is 0 Å². The SMILES string of the molecule is CC1CCCC(OCC(C)C(=O)O)C1. The van der Waals surface area contributed by atoms with Gasteiger partial charge in [0, 0.05) is 0 Å². The standard InChI is InChI=1S/C11H20O3/c1-8-4-3-5-10(6-8)14-7-9(2)11(12)13/h8-10H,3-7H2,1-2H3,(H,12,13). The average molecular weight is 200 g/mol. The molecule has 0 radical (unpaired) electrons. The molecule has 1 aliphatic rings. The molecule has 82 valence electrons. The molecule has 1 aliphatic carbocycles. The normalized spacial score (nSPS) is 29.9. The zero-order valence-corrected chi connectivity index (χ0v) is 9.03. The van der Waals surface area contributed by atoms with Crippen LogP contribution in [0.4, 0.5) is 0 Å². The number of rotatable bonds is 4. The molecule has 3 nitrogen and oxygen atoms in total. The van der Waals surface area contributed by atoms with Crippen molar-refractivity contribution in [1.82, 2.24) is 0 Å². The van der Waals surface area contributed by atoms with Crippen molar-refractivity contribution in [3.05, 3.63) is 0 Å². The molecule has 1 rings (SSSR count). The maximum Gasteiger partial charge on any atom is 0.308 e. The fourth-order valence-corrected chi connectivity index (χ4v) is 1.88. The summed E-state index contributed by atoms with van der Waals surface area (Å²) < 4.78 is 5.60. The van der Waals surface area contributed by atoms with Gasteiger partial charge in [0.1, 0.15) is 0 Å². The molecule has 0 aliphatic heterocycles. The van der Waals surface area contributed by atoms with Gasteiger partial charge in [0.2, 0.25) is 0 Å². The van der Waals surface area contributed by atoms with Crippen LogP contribution in [-0.4, -0.2) is 23.8 Å². The summed E-state index contributed by atoms with van der Waals surface area (Å²) in [6.07, 6.45) is 4.98. The van der Waals surface area contributed by atoms with Crippen molar-refractivity contribution in [1.29, 1.82) is 0 Å². The monoisotopic (exact) mass is 200 g/mol. The summed E-state index contributed by atoms with van der Waals surface area (Å²) in [5, 5.41) is 8.68. The molecule has 0 spiro atoms. The van der Waals surface area contributed by atoms with E-state index in [2.05, 4.69) is 6.92 Å². The molecule has 1 N–H and O–H groups in total. The van der Waals surface area contributed by atoms with Gasteiger partial charge in [-0.3, -0.25) is 4.79 Å². The van der Waals surface area contributed by atoms with E-state index >= 15 is 0 Å². The van der Waals surface area contributed by atoms with Crippen LogP contribution in [0.3, 0.4) is 0 Å². The van der Waals surface area contributed by atoms with Crippen molar-refractivity contribution >= 4 is 5.97 Å². The summed E-state index contributed by atoms with van der Waals surface area (Å²) in [7, 11) is 0. The van der Waals surface area contributed by atoms with Crippen LogP contribution in [0.2, 0.25) is 0 Å². The molecule has 3 unspecified atom stereocenters. The Morgan fingerprint density at radius 3 is 2.86 bits per heavy atom. The largest absolute Gasteiger partial charge is 0.481 e. The van der Waals surface area contributed by atoms with Gasteiger partial charge in [-0.2, -0.15) is 0 Å². The van der Waals surface area contributed by atoms with E-state index in [9.17, 15) is 4.79 Å². The average Bonchev–Trinajstić information content (AvgIpc) is 2.14. The van der Waals surface area contributed by atoms with Gasteiger partial charge in [-0.15, -0.1) is 0 Å². The van der Waals surface area contributed by atoms with Crippen LogP contribution in [0.1, 0.15) is 39.5 Å². The molecular formula is C11H20O3. The molecule has 0 aromatic rings. The Bertz CT molecular complexity index is 191. The van der Waals surface area contributed by atoms with Gasteiger partial charge in [-0.25, -0.2) is 0 Å². The van der Waals surface area contributed by atoms with E-state index in [1.165, 1.54) is 12.8 Å². The number of ether oxygens (including phenoxy) is 1. The third-order valence-corrected chi connectivity index (χ3v) is 2.89. The second kappa shape index (κ2) is 5.35. The van der Waals surface area contributed by atoms with Gasteiger partial charge in [0.15, 0.2) is 0 Å². The fourth-order valence-electron chi connectivity index (χ4n) is 1.88. The summed E-state index contributed by atoms with van der Waals surface area (Å²) in [6.45, 7) is 4.28. The molecule has 3 atom stereocenters. The van der Waals surface area contributed by atoms with E-state index in [0.717, 1.165) is 18.8 Å². The Balaban J connectivity index is 2.20. The smallest absolute Gasteiger partial charge is 0.308 e. The summed E-state index contributed by atoms with van der Waals surface area (Å²) in [5.74, 6) is -0.421.